The third kappa shape index (κ3) is 1.79. The number of hydrogen-bond acceptors (Lipinski definition) is 2. The van der Waals surface area contributed by atoms with Gasteiger partial charge >= 0.3 is 0 Å². The van der Waals surface area contributed by atoms with E-state index in [1.54, 1.807) is 0 Å². The lowest BCUT2D eigenvalue weighted by atomic mass is 9.96. The van der Waals surface area contributed by atoms with Gasteiger partial charge in [-0.1, -0.05) is 13.8 Å². The van der Waals surface area contributed by atoms with Gasteiger partial charge in [-0.05, 0) is 6.92 Å². The third-order valence-corrected chi connectivity index (χ3v) is 1.33. The molecule has 0 spiro atoms. The molecule has 0 aromatic heterocycles. The Kier molecular flexibility index (Phi) is 1.58. The maximum absolute atomic E-state index is 5.30. The maximum atomic E-state index is 5.30. The van der Waals surface area contributed by atoms with Crippen LogP contribution < -0.4 is 0 Å². The van der Waals surface area contributed by atoms with Crippen LogP contribution in [0.15, 0.2) is 4.99 Å². The molecule has 2 heteroatoms. The minimum absolute atomic E-state index is 0.0676. The van der Waals surface area contributed by atoms with Crippen LogP contribution in [0.25, 0.3) is 0 Å². The fourth-order valence-electron chi connectivity index (χ4n) is 0.722. The van der Waals surface area contributed by atoms with E-state index in [0.29, 0.717) is 0 Å². The second kappa shape index (κ2) is 2.10. The summed E-state index contributed by atoms with van der Waals surface area (Å²) in [5, 5.41) is 0. The van der Waals surface area contributed by atoms with Crippen LogP contribution in [0.4, 0.5) is 0 Å². The Bertz CT molecular complexity index is 129. The smallest absolute Gasteiger partial charge is 0.145 e. The van der Waals surface area contributed by atoms with Crippen molar-refractivity contribution in [2.24, 2.45) is 10.4 Å². The summed E-state index contributed by atoms with van der Waals surface area (Å²) in [6.45, 7) is 6.97. The summed E-state index contributed by atoms with van der Waals surface area (Å²) in [5.74, 6) is 0. The molecular formula is C7H13NO. The zero-order valence-electron chi connectivity index (χ0n) is 6.22. The summed E-state index contributed by atoms with van der Waals surface area (Å²) in [6.07, 6.45) is 2.04. The zero-order chi connectivity index (χ0) is 6.91. The minimum atomic E-state index is 0.0676. The first kappa shape index (κ1) is 6.75. The molecule has 1 aliphatic rings. The molecule has 0 saturated heterocycles. The molecule has 0 bridgehead atoms. The van der Waals surface area contributed by atoms with Crippen molar-refractivity contribution in [3.05, 3.63) is 0 Å². The van der Waals surface area contributed by atoms with E-state index in [-0.39, 0.29) is 11.6 Å². The topological polar surface area (TPSA) is 21.6 Å². The van der Waals surface area contributed by atoms with Crippen molar-refractivity contribution in [3.63, 3.8) is 0 Å². The van der Waals surface area contributed by atoms with Crippen molar-refractivity contribution >= 4 is 6.21 Å². The fourth-order valence-corrected chi connectivity index (χ4v) is 0.722. The van der Waals surface area contributed by atoms with Crippen LogP contribution in [0.5, 0.6) is 0 Å². The summed E-state index contributed by atoms with van der Waals surface area (Å²) in [7, 11) is 0. The molecule has 1 rings (SSSR count). The highest BCUT2D eigenvalue weighted by molar-refractivity contribution is 5.65. The molecule has 0 N–H and O–H groups in total. The highest BCUT2D eigenvalue weighted by Gasteiger charge is 2.20. The van der Waals surface area contributed by atoms with Crippen molar-refractivity contribution in [2.75, 3.05) is 6.61 Å². The molecule has 0 aromatic carbocycles. The minimum Gasteiger partial charge on any atom is -0.356 e. The molecule has 52 valence electrons. The predicted molar refractivity (Wildman–Crippen MR) is 37.7 cm³/mol. The molecule has 1 unspecified atom stereocenters. The molecule has 0 fully saturated rings. The van der Waals surface area contributed by atoms with E-state index in [2.05, 4.69) is 18.8 Å². The Morgan fingerprint density at radius 3 is 2.67 bits per heavy atom. The van der Waals surface area contributed by atoms with Gasteiger partial charge in [-0.25, -0.2) is 0 Å². The van der Waals surface area contributed by atoms with E-state index < -0.39 is 0 Å². The van der Waals surface area contributed by atoms with Crippen LogP contribution in [-0.2, 0) is 4.74 Å². The molecule has 9 heavy (non-hydrogen) atoms. The monoisotopic (exact) mass is 127 g/mol. The molecule has 0 aliphatic carbocycles. The van der Waals surface area contributed by atoms with E-state index in [1.165, 1.54) is 0 Å². The zero-order valence-corrected chi connectivity index (χ0v) is 6.22. The van der Waals surface area contributed by atoms with Crippen LogP contribution in [0.3, 0.4) is 0 Å². The van der Waals surface area contributed by atoms with E-state index in [9.17, 15) is 0 Å². The average Bonchev–Trinajstić information content (AvgIpc) is 1.78. The predicted octanol–water partition coefficient (Wildman–Crippen LogP) is 1.46. The fraction of sp³-hybridized carbons (Fsp3) is 0.857. The molecule has 1 atom stereocenters. The third-order valence-electron chi connectivity index (χ3n) is 1.33. The molecule has 0 radical (unpaired) electrons. The van der Waals surface area contributed by atoms with Crippen molar-refractivity contribution in [3.8, 4) is 0 Å². The van der Waals surface area contributed by atoms with Crippen molar-refractivity contribution in [1.29, 1.82) is 0 Å². The summed E-state index contributed by atoms with van der Waals surface area (Å²) < 4.78 is 5.30. The summed E-state index contributed by atoms with van der Waals surface area (Å²) in [5.41, 5.74) is 0.145. The van der Waals surface area contributed by atoms with Gasteiger partial charge in [0.05, 0.1) is 6.61 Å². The van der Waals surface area contributed by atoms with Gasteiger partial charge in [0.1, 0.15) is 6.23 Å². The first-order valence-electron chi connectivity index (χ1n) is 3.26. The van der Waals surface area contributed by atoms with Crippen LogP contribution in [-0.4, -0.2) is 19.0 Å². The Morgan fingerprint density at radius 1 is 1.67 bits per heavy atom. The Hall–Kier alpha value is -0.370. The lowest BCUT2D eigenvalue weighted by Gasteiger charge is -2.25. The van der Waals surface area contributed by atoms with Crippen LogP contribution in [0.1, 0.15) is 20.8 Å². The molecule has 1 aliphatic heterocycles. The Morgan fingerprint density at radius 2 is 2.33 bits per heavy atom. The normalized spacial score (nSPS) is 32.6. The van der Waals surface area contributed by atoms with E-state index >= 15 is 0 Å². The van der Waals surface area contributed by atoms with E-state index in [1.807, 2.05) is 13.1 Å². The molecule has 1 heterocycles. The van der Waals surface area contributed by atoms with Gasteiger partial charge in [-0.15, -0.1) is 0 Å². The van der Waals surface area contributed by atoms with E-state index in [4.69, 9.17) is 4.74 Å². The van der Waals surface area contributed by atoms with Gasteiger partial charge in [0.25, 0.3) is 0 Å². The molecular weight excluding hydrogens is 114 g/mol. The van der Waals surface area contributed by atoms with Gasteiger partial charge in [0.2, 0.25) is 0 Å². The number of nitrogens with zero attached hydrogens (tertiary/aromatic N) is 1. The maximum Gasteiger partial charge on any atom is 0.145 e. The lowest BCUT2D eigenvalue weighted by molar-refractivity contribution is 0.0270. The second-order valence-corrected chi connectivity index (χ2v) is 3.18. The first-order valence-corrected chi connectivity index (χ1v) is 3.26. The number of ether oxygens (including phenoxy) is 1. The van der Waals surface area contributed by atoms with Crippen LogP contribution in [0, 0.1) is 5.41 Å². The standard InChI is InChI=1S/C7H13NO/c1-6-8-4-7(2,3)5-9-6/h4,6H,5H2,1-3H3. The summed E-state index contributed by atoms with van der Waals surface area (Å²) >= 11 is 0. The Labute approximate surface area is 55.9 Å². The SMILES string of the molecule is CC1N=CC(C)(C)CO1. The van der Waals surface area contributed by atoms with Gasteiger partial charge in [0, 0.05) is 11.6 Å². The van der Waals surface area contributed by atoms with Gasteiger partial charge in [-0.3, -0.25) is 4.99 Å². The molecule has 0 aromatic rings. The summed E-state index contributed by atoms with van der Waals surface area (Å²) in [4.78, 5) is 4.14. The number of rotatable bonds is 0. The van der Waals surface area contributed by atoms with Crippen molar-refractivity contribution in [1.82, 2.24) is 0 Å². The average molecular weight is 127 g/mol. The second-order valence-electron chi connectivity index (χ2n) is 3.18. The van der Waals surface area contributed by atoms with Gasteiger partial charge in [0.15, 0.2) is 0 Å². The van der Waals surface area contributed by atoms with Gasteiger partial charge < -0.3 is 4.74 Å². The van der Waals surface area contributed by atoms with Crippen LogP contribution >= 0.6 is 0 Å². The molecule has 0 amide bonds. The number of aliphatic imine (C=N–C) groups is 1. The van der Waals surface area contributed by atoms with Crippen molar-refractivity contribution < 1.29 is 4.74 Å². The quantitative estimate of drug-likeness (QED) is 0.482. The highest BCUT2D eigenvalue weighted by Crippen LogP contribution is 2.17. The largest absolute Gasteiger partial charge is 0.356 e. The van der Waals surface area contributed by atoms with E-state index in [0.717, 1.165) is 6.61 Å². The molecule has 0 saturated carbocycles. The summed E-state index contributed by atoms with van der Waals surface area (Å²) in [6, 6.07) is 0. The van der Waals surface area contributed by atoms with Crippen molar-refractivity contribution in [2.45, 2.75) is 27.0 Å². The van der Waals surface area contributed by atoms with Crippen LogP contribution in [0.2, 0.25) is 0 Å². The Balaban J connectivity index is 2.58. The molecule has 2 nitrogen and oxygen atoms in total. The van der Waals surface area contributed by atoms with Gasteiger partial charge in [-0.2, -0.15) is 0 Å². The number of hydrogen-bond donors (Lipinski definition) is 0. The highest BCUT2D eigenvalue weighted by atomic mass is 16.5. The lowest BCUT2D eigenvalue weighted by Crippen LogP contribution is -2.28. The first-order chi connectivity index (χ1) is 4.10.